The van der Waals surface area contributed by atoms with Gasteiger partial charge < -0.3 is 5.73 Å². The summed E-state index contributed by atoms with van der Waals surface area (Å²) in [5.74, 6) is -0.262. The Morgan fingerprint density at radius 1 is 1.47 bits per heavy atom. The largest absolute Gasteiger partial charge is 0.397 e. The summed E-state index contributed by atoms with van der Waals surface area (Å²) < 4.78 is 0. The molecule has 1 amide bonds. The van der Waals surface area contributed by atoms with Crippen LogP contribution >= 0.6 is 0 Å². The molecular weight excluding hydrogens is 218 g/mol. The van der Waals surface area contributed by atoms with Crippen LogP contribution in [0, 0.1) is 5.41 Å². The van der Waals surface area contributed by atoms with E-state index in [9.17, 15) is 4.79 Å². The summed E-state index contributed by atoms with van der Waals surface area (Å²) in [6, 6.07) is 3.23. The van der Waals surface area contributed by atoms with Gasteiger partial charge in [0, 0.05) is 0 Å². The van der Waals surface area contributed by atoms with Crippen molar-refractivity contribution in [2.75, 3.05) is 19.4 Å². The Kier molecular flexibility index (Phi) is 4.07. The molecule has 1 aromatic rings. The standard InChI is InChI=1S/C12H19N3O2/c1-12(2,3)8-15(17-4)11(16)10-6-5-9(13)7-14-10/h5-7H,8,13H2,1-4H3. The van der Waals surface area contributed by atoms with Crippen molar-refractivity contribution in [2.24, 2.45) is 5.41 Å². The summed E-state index contributed by atoms with van der Waals surface area (Å²) in [6.07, 6.45) is 1.46. The van der Waals surface area contributed by atoms with Crippen LogP contribution in [0.25, 0.3) is 0 Å². The second kappa shape index (κ2) is 5.14. The average Bonchev–Trinajstić information content (AvgIpc) is 2.25. The maximum absolute atomic E-state index is 12.1. The van der Waals surface area contributed by atoms with Crippen LogP contribution in [0.1, 0.15) is 31.3 Å². The molecule has 0 aliphatic carbocycles. The lowest BCUT2D eigenvalue weighted by Gasteiger charge is -2.27. The lowest BCUT2D eigenvalue weighted by molar-refractivity contribution is -0.110. The monoisotopic (exact) mass is 237 g/mol. The van der Waals surface area contributed by atoms with E-state index in [2.05, 4.69) is 4.98 Å². The fraction of sp³-hybridized carbons (Fsp3) is 0.500. The fourth-order valence-electron chi connectivity index (χ4n) is 1.31. The van der Waals surface area contributed by atoms with Gasteiger partial charge in [0.05, 0.1) is 25.5 Å². The first-order valence-corrected chi connectivity index (χ1v) is 5.41. The molecule has 0 unspecified atom stereocenters. The van der Waals surface area contributed by atoms with Gasteiger partial charge in [0.2, 0.25) is 0 Å². The molecule has 17 heavy (non-hydrogen) atoms. The van der Waals surface area contributed by atoms with Crippen LogP contribution in [0.15, 0.2) is 18.3 Å². The van der Waals surface area contributed by atoms with Gasteiger partial charge in [0.1, 0.15) is 5.69 Å². The topological polar surface area (TPSA) is 68.5 Å². The van der Waals surface area contributed by atoms with Crippen LogP contribution in [-0.4, -0.2) is 29.6 Å². The zero-order chi connectivity index (χ0) is 13.1. The predicted octanol–water partition coefficient (Wildman–Crippen LogP) is 1.71. The minimum absolute atomic E-state index is 0.0422. The van der Waals surface area contributed by atoms with Crippen molar-refractivity contribution < 1.29 is 9.63 Å². The highest BCUT2D eigenvalue weighted by atomic mass is 16.7. The van der Waals surface area contributed by atoms with Gasteiger partial charge in [0.25, 0.3) is 5.91 Å². The van der Waals surface area contributed by atoms with E-state index < -0.39 is 0 Å². The molecule has 94 valence electrons. The number of nitrogens with two attached hydrogens (primary N) is 1. The molecule has 5 nitrogen and oxygen atoms in total. The van der Waals surface area contributed by atoms with Crippen LogP contribution in [0.5, 0.6) is 0 Å². The summed E-state index contributed by atoms with van der Waals surface area (Å²) in [5.41, 5.74) is 6.33. The van der Waals surface area contributed by atoms with E-state index in [-0.39, 0.29) is 11.3 Å². The Hall–Kier alpha value is -1.62. The number of pyridine rings is 1. The summed E-state index contributed by atoms with van der Waals surface area (Å²) in [5, 5.41) is 1.30. The number of nitrogens with zero attached hydrogens (tertiary/aromatic N) is 2. The van der Waals surface area contributed by atoms with Gasteiger partial charge in [-0.15, -0.1) is 0 Å². The number of hydroxylamine groups is 2. The summed E-state index contributed by atoms with van der Waals surface area (Å²) in [4.78, 5) is 21.1. The van der Waals surface area contributed by atoms with Gasteiger partial charge in [-0.25, -0.2) is 10.0 Å². The van der Waals surface area contributed by atoms with Crippen molar-refractivity contribution in [3.8, 4) is 0 Å². The van der Waals surface area contributed by atoms with Crippen molar-refractivity contribution in [1.29, 1.82) is 0 Å². The van der Waals surface area contributed by atoms with Gasteiger partial charge >= 0.3 is 0 Å². The van der Waals surface area contributed by atoms with Crippen molar-refractivity contribution in [3.63, 3.8) is 0 Å². The SMILES string of the molecule is CON(CC(C)(C)C)C(=O)c1ccc(N)cn1. The third-order valence-corrected chi connectivity index (χ3v) is 2.07. The Bertz CT molecular complexity index is 382. The maximum Gasteiger partial charge on any atom is 0.295 e. The average molecular weight is 237 g/mol. The van der Waals surface area contributed by atoms with Gasteiger partial charge in [0.15, 0.2) is 0 Å². The highest BCUT2D eigenvalue weighted by molar-refractivity contribution is 5.91. The minimum Gasteiger partial charge on any atom is -0.397 e. The zero-order valence-corrected chi connectivity index (χ0v) is 10.7. The van der Waals surface area contributed by atoms with Gasteiger partial charge in [-0.3, -0.25) is 9.63 Å². The number of carbonyl (C=O) groups is 1. The molecule has 0 radical (unpaired) electrons. The molecule has 1 aromatic heterocycles. The fourth-order valence-corrected chi connectivity index (χ4v) is 1.31. The summed E-state index contributed by atoms with van der Waals surface area (Å²) in [7, 11) is 1.47. The first-order valence-electron chi connectivity index (χ1n) is 5.41. The molecule has 5 heteroatoms. The highest BCUT2D eigenvalue weighted by Crippen LogP contribution is 2.16. The second-order valence-electron chi connectivity index (χ2n) is 5.06. The van der Waals surface area contributed by atoms with Crippen LogP contribution in [0.2, 0.25) is 0 Å². The number of rotatable bonds is 3. The Morgan fingerprint density at radius 3 is 2.53 bits per heavy atom. The van der Waals surface area contributed by atoms with Gasteiger partial charge in [-0.05, 0) is 17.5 Å². The molecule has 0 aromatic carbocycles. The second-order valence-corrected chi connectivity index (χ2v) is 5.06. The van der Waals surface area contributed by atoms with Crippen molar-refractivity contribution in [2.45, 2.75) is 20.8 Å². The molecule has 0 saturated carbocycles. The molecule has 0 bridgehead atoms. The number of aromatic nitrogens is 1. The zero-order valence-electron chi connectivity index (χ0n) is 10.7. The van der Waals surface area contributed by atoms with Crippen LogP contribution < -0.4 is 5.73 Å². The number of hydrogen-bond donors (Lipinski definition) is 1. The van der Waals surface area contributed by atoms with E-state index in [1.807, 2.05) is 20.8 Å². The van der Waals surface area contributed by atoms with E-state index in [0.29, 0.717) is 17.9 Å². The van der Waals surface area contributed by atoms with Crippen LogP contribution in [-0.2, 0) is 4.84 Å². The molecule has 0 atom stereocenters. The van der Waals surface area contributed by atoms with Crippen LogP contribution in [0.3, 0.4) is 0 Å². The quantitative estimate of drug-likeness (QED) is 0.813. The number of anilines is 1. The number of carbonyl (C=O) groups excluding carboxylic acids is 1. The minimum atomic E-state index is -0.262. The molecule has 0 fully saturated rings. The first kappa shape index (κ1) is 13.4. The van der Waals surface area contributed by atoms with Crippen LogP contribution in [0.4, 0.5) is 5.69 Å². The number of amides is 1. The Labute approximate surface area is 102 Å². The van der Waals surface area contributed by atoms with E-state index in [1.165, 1.54) is 18.4 Å². The lowest BCUT2D eigenvalue weighted by atomic mass is 9.97. The first-order chi connectivity index (χ1) is 7.83. The summed E-state index contributed by atoms with van der Waals surface area (Å²) in [6.45, 7) is 6.59. The van der Waals surface area contributed by atoms with E-state index in [1.54, 1.807) is 12.1 Å². The van der Waals surface area contributed by atoms with Crippen molar-refractivity contribution in [3.05, 3.63) is 24.0 Å². The van der Waals surface area contributed by atoms with Crippen molar-refractivity contribution in [1.82, 2.24) is 10.0 Å². The maximum atomic E-state index is 12.1. The third-order valence-electron chi connectivity index (χ3n) is 2.07. The highest BCUT2D eigenvalue weighted by Gasteiger charge is 2.23. The molecule has 2 N–H and O–H groups in total. The Balaban J connectivity index is 2.83. The third kappa shape index (κ3) is 4.03. The van der Waals surface area contributed by atoms with Gasteiger partial charge in [-0.2, -0.15) is 0 Å². The molecular formula is C12H19N3O2. The molecule has 1 heterocycles. The molecule has 0 saturated heterocycles. The molecule has 0 spiro atoms. The lowest BCUT2D eigenvalue weighted by Crippen LogP contribution is -2.37. The molecule has 1 rings (SSSR count). The van der Waals surface area contributed by atoms with E-state index in [0.717, 1.165) is 0 Å². The number of nitrogen functional groups attached to an aromatic ring is 1. The Morgan fingerprint density at radius 2 is 2.12 bits per heavy atom. The van der Waals surface area contributed by atoms with E-state index in [4.69, 9.17) is 10.6 Å². The normalized spacial score (nSPS) is 11.3. The smallest absolute Gasteiger partial charge is 0.295 e. The van der Waals surface area contributed by atoms with E-state index >= 15 is 0 Å². The predicted molar refractivity (Wildman–Crippen MR) is 66.1 cm³/mol. The number of hydrogen-bond acceptors (Lipinski definition) is 4. The summed E-state index contributed by atoms with van der Waals surface area (Å²) >= 11 is 0. The van der Waals surface area contributed by atoms with Crippen molar-refractivity contribution >= 4 is 11.6 Å². The van der Waals surface area contributed by atoms with Gasteiger partial charge in [-0.1, -0.05) is 20.8 Å². The molecule has 0 aliphatic rings. The molecule has 0 aliphatic heterocycles.